The van der Waals surface area contributed by atoms with E-state index in [0.717, 1.165) is 19.0 Å². The molecule has 0 aromatic heterocycles. The summed E-state index contributed by atoms with van der Waals surface area (Å²) < 4.78 is 19.3. The number of anilines is 1. The summed E-state index contributed by atoms with van der Waals surface area (Å²) >= 11 is 5.89. The van der Waals surface area contributed by atoms with Crippen LogP contribution < -0.4 is 26.0 Å². The van der Waals surface area contributed by atoms with Gasteiger partial charge in [-0.05, 0) is 64.0 Å². The normalized spacial score (nSPS) is 11.9. The standard InChI is InChI=1S/C30H41ClFN5O4/c1-7-41-25-17-23(32)22(31)16-21(25)28(39)34-19-30(2,3)18-26(38)36-27(24(33-4)14-11-15-37(5)6)29(40)35-20-12-9-8-10-13-20/h8-10,12-13,16-17,33H,7,11,14-15,18-19H2,1-6H3,(H,34,39)(H,35,40)(H,36,38)/b27-24+. The number of hydrogen-bond donors (Lipinski definition) is 4. The van der Waals surface area contributed by atoms with Gasteiger partial charge in [0.1, 0.15) is 17.3 Å². The van der Waals surface area contributed by atoms with Gasteiger partial charge in [-0.25, -0.2) is 4.39 Å². The Labute approximate surface area is 246 Å². The van der Waals surface area contributed by atoms with E-state index < -0.39 is 23.0 Å². The predicted octanol–water partition coefficient (Wildman–Crippen LogP) is 4.55. The number of carbonyl (C=O) groups excluding carboxylic acids is 3. The van der Waals surface area contributed by atoms with Crippen molar-refractivity contribution in [3.63, 3.8) is 0 Å². The molecule has 0 fully saturated rings. The third-order valence-electron chi connectivity index (χ3n) is 6.09. The Morgan fingerprint density at radius 1 is 1.10 bits per heavy atom. The van der Waals surface area contributed by atoms with Gasteiger partial charge < -0.3 is 30.9 Å². The van der Waals surface area contributed by atoms with Crippen LogP contribution in [-0.4, -0.2) is 63.5 Å². The maximum absolute atomic E-state index is 13.9. The molecule has 4 N–H and O–H groups in total. The lowest BCUT2D eigenvalue weighted by Gasteiger charge is -2.25. The van der Waals surface area contributed by atoms with Gasteiger partial charge in [0.15, 0.2) is 0 Å². The van der Waals surface area contributed by atoms with Crippen molar-refractivity contribution >= 4 is 35.0 Å². The second kappa shape index (κ2) is 16.0. The molecule has 41 heavy (non-hydrogen) atoms. The number of rotatable bonds is 15. The summed E-state index contributed by atoms with van der Waals surface area (Å²) in [5.41, 5.74) is 0.751. The van der Waals surface area contributed by atoms with Crippen LogP contribution in [0.1, 0.15) is 50.4 Å². The fourth-order valence-electron chi connectivity index (χ4n) is 4.01. The molecule has 0 atom stereocenters. The molecule has 0 radical (unpaired) electrons. The van der Waals surface area contributed by atoms with Crippen molar-refractivity contribution < 1.29 is 23.5 Å². The van der Waals surface area contributed by atoms with Crippen molar-refractivity contribution in [3.8, 4) is 5.75 Å². The van der Waals surface area contributed by atoms with E-state index in [1.807, 2.05) is 51.0 Å². The number of para-hydroxylation sites is 1. The van der Waals surface area contributed by atoms with Crippen LogP contribution in [0.3, 0.4) is 0 Å². The highest BCUT2D eigenvalue weighted by Crippen LogP contribution is 2.27. The first kappa shape index (κ1) is 33.6. The molecule has 3 amide bonds. The molecule has 9 nitrogen and oxygen atoms in total. The minimum atomic E-state index is -0.693. The fraction of sp³-hybridized carbons (Fsp3) is 0.433. The number of carbonyl (C=O) groups is 3. The van der Waals surface area contributed by atoms with Crippen LogP contribution in [0, 0.1) is 11.2 Å². The lowest BCUT2D eigenvalue weighted by Crippen LogP contribution is -2.40. The Morgan fingerprint density at radius 2 is 1.78 bits per heavy atom. The van der Waals surface area contributed by atoms with Crippen LogP contribution in [-0.2, 0) is 9.59 Å². The molecule has 0 aliphatic heterocycles. The van der Waals surface area contributed by atoms with Crippen molar-refractivity contribution in [1.82, 2.24) is 20.9 Å². The number of nitrogens with one attached hydrogen (secondary N) is 4. The second-order valence-electron chi connectivity index (χ2n) is 10.6. The van der Waals surface area contributed by atoms with Crippen LogP contribution in [0.25, 0.3) is 0 Å². The first-order chi connectivity index (χ1) is 19.4. The average Bonchev–Trinajstić information content (AvgIpc) is 2.91. The van der Waals surface area contributed by atoms with Gasteiger partial charge in [0.2, 0.25) is 5.91 Å². The number of ether oxygens (including phenoxy) is 1. The van der Waals surface area contributed by atoms with Crippen molar-refractivity contribution in [1.29, 1.82) is 0 Å². The number of halogens is 2. The zero-order valence-corrected chi connectivity index (χ0v) is 25.4. The van der Waals surface area contributed by atoms with Crippen LogP contribution >= 0.6 is 11.6 Å². The number of amides is 3. The highest BCUT2D eigenvalue weighted by molar-refractivity contribution is 6.31. The third-order valence-corrected chi connectivity index (χ3v) is 6.38. The molecule has 0 bridgehead atoms. The second-order valence-corrected chi connectivity index (χ2v) is 11.0. The molecule has 0 heterocycles. The van der Waals surface area contributed by atoms with E-state index in [2.05, 4.69) is 21.3 Å². The molecule has 0 aliphatic rings. The topological polar surface area (TPSA) is 112 Å². The van der Waals surface area contributed by atoms with Gasteiger partial charge in [0, 0.05) is 37.5 Å². The molecule has 0 spiro atoms. The Bertz CT molecular complexity index is 1230. The smallest absolute Gasteiger partial charge is 0.273 e. The van der Waals surface area contributed by atoms with E-state index in [1.165, 1.54) is 6.07 Å². The Hall–Kier alpha value is -3.63. The Balaban J connectivity index is 2.16. The first-order valence-electron chi connectivity index (χ1n) is 13.5. The Kier molecular flexibility index (Phi) is 13.1. The molecule has 11 heteroatoms. The predicted molar refractivity (Wildman–Crippen MR) is 160 cm³/mol. The number of hydrogen-bond acceptors (Lipinski definition) is 6. The summed E-state index contributed by atoms with van der Waals surface area (Å²) in [5, 5.41) is 11.3. The van der Waals surface area contributed by atoms with Crippen LogP contribution in [0.5, 0.6) is 5.75 Å². The van der Waals surface area contributed by atoms with Gasteiger partial charge in [-0.1, -0.05) is 43.6 Å². The van der Waals surface area contributed by atoms with E-state index in [4.69, 9.17) is 16.3 Å². The number of nitrogens with zero attached hydrogens (tertiary/aromatic N) is 1. The van der Waals surface area contributed by atoms with E-state index in [0.29, 0.717) is 17.8 Å². The molecule has 0 saturated carbocycles. The van der Waals surface area contributed by atoms with E-state index >= 15 is 0 Å². The summed E-state index contributed by atoms with van der Waals surface area (Å²) in [7, 11) is 5.65. The summed E-state index contributed by atoms with van der Waals surface area (Å²) in [6.07, 6.45) is 1.33. The van der Waals surface area contributed by atoms with Gasteiger partial charge in [0.25, 0.3) is 11.8 Å². The maximum atomic E-state index is 13.9. The summed E-state index contributed by atoms with van der Waals surface area (Å²) in [6.45, 7) is 6.53. The minimum absolute atomic E-state index is 0.00653. The lowest BCUT2D eigenvalue weighted by atomic mass is 9.88. The molecule has 2 aromatic rings. The number of benzene rings is 2. The molecule has 2 rings (SSSR count). The lowest BCUT2D eigenvalue weighted by molar-refractivity contribution is -0.124. The fourth-order valence-corrected chi connectivity index (χ4v) is 4.17. The molecule has 0 aliphatic carbocycles. The monoisotopic (exact) mass is 589 g/mol. The van der Waals surface area contributed by atoms with E-state index in [-0.39, 0.29) is 47.5 Å². The first-order valence-corrected chi connectivity index (χ1v) is 13.9. The molecular weight excluding hydrogens is 549 g/mol. The van der Waals surface area contributed by atoms with Crippen molar-refractivity contribution in [2.75, 3.05) is 46.2 Å². The van der Waals surface area contributed by atoms with Crippen LogP contribution in [0.15, 0.2) is 53.9 Å². The molecule has 2 aromatic carbocycles. The van der Waals surface area contributed by atoms with Crippen molar-refractivity contribution in [2.45, 2.75) is 40.0 Å². The van der Waals surface area contributed by atoms with Gasteiger partial charge in [0.05, 0.1) is 17.2 Å². The van der Waals surface area contributed by atoms with Gasteiger partial charge in [-0.15, -0.1) is 0 Å². The van der Waals surface area contributed by atoms with Gasteiger partial charge in [-0.2, -0.15) is 0 Å². The van der Waals surface area contributed by atoms with E-state index in [9.17, 15) is 18.8 Å². The molecule has 0 saturated heterocycles. The third kappa shape index (κ3) is 11.0. The van der Waals surface area contributed by atoms with E-state index in [1.54, 1.807) is 26.1 Å². The SMILES string of the molecule is CCOc1cc(F)c(Cl)cc1C(=O)NCC(C)(C)CC(=O)N/C(C(=O)Nc1ccccc1)=C(\CCCN(C)C)NC. The van der Waals surface area contributed by atoms with Gasteiger partial charge >= 0.3 is 0 Å². The summed E-state index contributed by atoms with van der Waals surface area (Å²) in [6, 6.07) is 11.3. The van der Waals surface area contributed by atoms with Crippen molar-refractivity contribution in [2.24, 2.45) is 5.41 Å². The Morgan fingerprint density at radius 3 is 2.39 bits per heavy atom. The maximum Gasteiger partial charge on any atom is 0.273 e. The highest BCUT2D eigenvalue weighted by Gasteiger charge is 2.27. The van der Waals surface area contributed by atoms with Crippen molar-refractivity contribution in [3.05, 3.63) is 70.3 Å². The van der Waals surface area contributed by atoms with Crippen LogP contribution in [0.2, 0.25) is 5.02 Å². The number of allylic oxidation sites excluding steroid dienone is 1. The molecule has 0 unspecified atom stereocenters. The average molecular weight is 590 g/mol. The zero-order chi connectivity index (χ0) is 30.6. The minimum Gasteiger partial charge on any atom is -0.493 e. The zero-order valence-electron chi connectivity index (χ0n) is 24.6. The highest BCUT2D eigenvalue weighted by atomic mass is 35.5. The summed E-state index contributed by atoms with van der Waals surface area (Å²) in [4.78, 5) is 41.4. The molecule has 224 valence electrons. The van der Waals surface area contributed by atoms with Crippen LogP contribution in [0.4, 0.5) is 10.1 Å². The molecular formula is C30H41ClFN5O4. The summed E-state index contributed by atoms with van der Waals surface area (Å²) in [5.74, 6) is -1.95. The largest absolute Gasteiger partial charge is 0.493 e. The quantitative estimate of drug-likeness (QED) is 0.227. The van der Waals surface area contributed by atoms with Gasteiger partial charge in [-0.3, -0.25) is 14.4 Å².